The average Bonchev–Trinajstić information content (AvgIpc) is 2.91. The van der Waals surface area contributed by atoms with E-state index in [2.05, 4.69) is 40.2 Å². The maximum atomic E-state index is 4.24. The molecule has 17 heavy (non-hydrogen) atoms. The van der Waals surface area contributed by atoms with Crippen molar-refractivity contribution in [1.29, 1.82) is 0 Å². The van der Waals surface area contributed by atoms with Gasteiger partial charge in [0, 0.05) is 17.6 Å². The number of imidazole rings is 1. The van der Waals surface area contributed by atoms with Gasteiger partial charge in [-0.05, 0) is 36.9 Å². The molecule has 0 aliphatic carbocycles. The fourth-order valence-corrected chi connectivity index (χ4v) is 2.66. The van der Waals surface area contributed by atoms with E-state index in [9.17, 15) is 0 Å². The van der Waals surface area contributed by atoms with Gasteiger partial charge in [-0.1, -0.05) is 6.92 Å². The summed E-state index contributed by atoms with van der Waals surface area (Å²) in [7, 11) is 0. The van der Waals surface area contributed by atoms with Crippen LogP contribution in [0.5, 0.6) is 0 Å². The molecule has 0 aromatic carbocycles. The molecule has 0 atom stereocenters. The molecule has 3 nitrogen and oxygen atoms in total. The molecule has 1 N–H and O–H groups in total. The first kappa shape index (κ1) is 12.3. The van der Waals surface area contributed by atoms with Crippen LogP contribution < -0.4 is 5.32 Å². The summed E-state index contributed by atoms with van der Waals surface area (Å²) in [5, 5.41) is 5.56. The Balaban J connectivity index is 2.01. The van der Waals surface area contributed by atoms with Crippen molar-refractivity contribution in [3.05, 3.63) is 40.1 Å². The predicted molar refractivity (Wildman–Crippen MR) is 72.4 cm³/mol. The van der Waals surface area contributed by atoms with Crippen LogP contribution in [0.2, 0.25) is 0 Å². The number of hydrogen-bond donors (Lipinski definition) is 1. The minimum atomic E-state index is 0.901. The van der Waals surface area contributed by atoms with E-state index in [1.165, 1.54) is 16.1 Å². The molecule has 0 unspecified atom stereocenters. The Morgan fingerprint density at radius 1 is 1.47 bits per heavy atom. The maximum Gasteiger partial charge on any atom is 0.0952 e. The van der Waals surface area contributed by atoms with Crippen LogP contribution in [0.3, 0.4) is 0 Å². The Labute approximate surface area is 107 Å². The summed E-state index contributed by atoms with van der Waals surface area (Å²) in [6, 6.07) is 2.17. The van der Waals surface area contributed by atoms with Gasteiger partial charge in [0.25, 0.3) is 0 Å². The van der Waals surface area contributed by atoms with E-state index in [4.69, 9.17) is 0 Å². The molecular weight excluding hydrogens is 230 g/mol. The van der Waals surface area contributed by atoms with Crippen LogP contribution in [0.4, 0.5) is 0 Å². The lowest BCUT2D eigenvalue weighted by molar-refractivity contribution is 0.631. The molecule has 0 saturated carbocycles. The van der Waals surface area contributed by atoms with E-state index in [0.717, 1.165) is 26.1 Å². The van der Waals surface area contributed by atoms with Crippen molar-refractivity contribution in [3.8, 4) is 0 Å². The summed E-state index contributed by atoms with van der Waals surface area (Å²) in [5.74, 6) is 0. The van der Waals surface area contributed by atoms with E-state index < -0.39 is 0 Å². The number of aromatic nitrogens is 2. The molecular formula is C13H19N3S. The Morgan fingerprint density at radius 2 is 2.35 bits per heavy atom. The summed E-state index contributed by atoms with van der Waals surface area (Å²) in [5.41, 5.74) is 2.63. The lowest BCUT2D eigenvalue weighted by Gasteiger charge is -2.08. The lowest BCUT2D eigenvalue weighted by atomic mass is 10.3. The van der Waals surface area contributed by atoms with Crippen molar-refractivity contribution in [1.82, 2.24) is 14.9 Å². The van der Waals surface area contributed by atoms with Crippen LogP contribution in [0.1, 0.15) is 29.5 Å². The fraction of sp³-hybridized carbons (Fsp3) is 0.462. The van der Waals surface area contributed by atoms with E-state index in [1.807, 2.05) is 23.9 Å². The standard InChI is InChI=1S/C13H19N3S/c1-3-5-14-7-12-8-15-10-16(12)9-13-11(2)4-6-17-13/h4,6,8,10,14H,3,5,7,9H2,1-2H3. The number of thiophene rings is 1. The minimum Gasteiger partial charge on any atom is -0.328 e. The highest BCUT2D eigenvalue weighted by Gasteiger charge is 2.05. The quantitative estimate of drug-likeness (QED) is 0.798. The van der Waals surface area contributed by atoms with Gasteiger partial charge in [0.2, 0.25) is 0 Å². The molecule has 2 rings (SSSR count). The van der Waals surface area contributed by atoms with Crippen LogP contribution in [0, 0.1) is 6.92 Å². The highest BCUT2D eigenvalue weighted by Crippen LogP contribution is 2.17. The van der Waals surface area contributed by atoms with Gasteiger partial charge in [0.1, 0.15) is 0 Å². The van der Waals surface area contributed by atoms with Crippen LogP contribution >= 0.6 is 11.3 Å². The summed E-state index contributed by atoms with van der Waals surface area (Å²) >= 11 is 1.82. The lowest BCUT2D eigenvalue weighted by Crippen LogP contribution is -2.16. The number of rotatable bonds is 6. The molecule has 2 aromatic rings. The van der Waals surface area contributed by atoms with Crippen molar-refractivity contribution in [3.63, 3.8) is 0 Å². The van der Waals surface area contributed by atoms with E-state index >= 15 is 0 Å². The Hall–Kier alpha value is -1.13. The molecule has 0 fully saturated rings. The first-order chi connectivity index (χ1) is 8.31. The van der Waals surface area contributed by atoms with Crippen molar-refractivity contribution < 1.29 is 0 Å². The first-order valence-corrected chi connectivity index (χ1v) is 6.92. The summed E-state index contributed by atoms with van der Waals surface area (Å²) in [6.07, 6.45) is 5.03. The molecule has 2 heterocycles. The van der Waals surface area contributed by atoms with Gasteiger partial charge in [-0.15, -0.1) is 11.3 Å². The van der Waals surface area contributed by atoms with Gasteiger partial charge >= 0.3 is 0 Å². The number of nitrogens with zero attached hydrogens (tertiary/aromatic N) is 2. The number of nitrogens with one attached hydrogen (secondary N) is 1. The Morgan fingerprint density at radius 3 is 3.06 bits per heavy atom. The van der Waals surface area contributed by atoms with Gasteiger partial charge in [-0.2, -0.15) is 0 Å². The first-order valence-electron chi connectivity index (χ1n) is 6.04. The second-order valence-corrected chi connectivity index (χ2v) is 5.22. The molecule has 0 amide bonds. The molecule has 2 aromatic heterocycles. The molecule has 0 aliphatic rings. The fourth-order valence-electron chi connectivity index (χ4n) is 1.75. The van der Waals surface area contributed by atoms with Crippen molar-refractivity contribution >= 4 is 11.3 Å². The monoisotopic (exact) mass is 249 g/mol. The minimum absolute atomic E-state index is 0.901. The third-order valence-corrected chi connectivity index (χ3v) is 3.82. The van der Waals surface area contributed by atoms with Crippen molar-refractivity contribution in [2.24, 2.45) is 0 Å². The zero-order valence-corrected chi connectivity index (χ0v) is 11.3. The van der Waals surface area contributed by atoms with Crippen LogP contribution in [0.15, 0.2) is 24.0 Å². The zero-order valence-electron chi connectivity index (χ0n) is 10.4. The smallest absolute Gasteiger partial charge is 0.0952 e. The Kier molecular flexibility index (Phi) is 4.34. The molecule has 0 aliphatic heterocycles. The van der Waals surface area contributed by atoms with Crippen molar-refractivity contribution in [2.45, 2.75) is 33.4 Å². The molecule has 92 valence electrons. The summed E-state index contributed by atoms with van der Waals surface area (Å²) < 4.78 is 2.22. The highest BCUT2D eigenvalue weighted by molar-refractivity contribution is 7.10. The maximum absolute atomic E-state index is 4.24. The molecule has 0 spiro atoms. The summed E-state index contributed by atoms with van der Waals surface area (Å²) in [6.45, 7) is 7.24. The van der Waals surface area contributed by atoms with Gasteiger partial charge in [0.15, 0.2) is 0 Å². The van der Waals surface area contributed by atoms with Crippen LogP contribution in [-0.2, 0) is 13.1 Å². The largest absolute Gasteiger partial charge is 0.328 e. The Bertz CT molecular complexity index is 459. The third kappa shape index (κ3) is 3.17. The van der Waals surface area contributed by atoms with Gasteiger partial charge in [-0.3, -0.25) is 0 Å². The van der Waals surface area contributed by atoms with Gasteiger partial charge in [-0.25, -0.2) is 4.98 Å². The third-order valence-electron chi connectivity index (χ3n) is 2.81. The molecule has 0 saturated heterocycles. The predicted octanol–water partition coefficient (Wildman–Crippen LogP) is 2.80. The van der Waals surface area contributed by atoms with Gasteiger partial charge in [0.05, 0.1) is 18.6 Å². The SMILES string of the molecule is CCCNCc1cncn1Cc1sccc1C. The van der Waals surface area contributed by atoms with Crippen molar-refractivity contribution in [2.75, 3.05) is 6.54 Å². The second kappa shape index (κ2) is 5.98. The van der Waals surface area contributed by atoms with Crippen LogP contribution in [0.25, 0.3) is 0 Å². The van der Waals surface area contributed by atoms with Gasteiger partial charge < -0.3 is 9.88 Å². The highest BCUT2D eigenvalue weighted by atomic mass is 32.1. The van der Waals surface area contributed by atoms with E-state index in [-0.39, 0.29) is 0 Å². The zero-order chi connectivity index (χ0) is 12.1. The normalized spacial score (nSPS) is 10.9. The average molecular weight is 249 g/mol. The molecule has 0 radical (unpaired) electrons. The topological polar surface area (TPSA) is 29.9 Å². The van der Waals surface area contributed by atoms with Crippen LogP contribution in [-0.4, -0.2) is 16.1 Å². The van der Waals surface area contributed by atoms with E-state index in [0.29, 0.717) is 0 Å². The number of hydrogen-bond acceptors (Lipinski definition) is 3. The van der Waals surface area contributed by atoms with E-state index in [1.54, 1.807) is 0 Å². The summed E-state index contributed by atoms with van der Waals surface area (Å²) in [4.78, 5) is 5.66. The number of aryl methyl sites for hydroxylation is 1. The molecule has 0 bridgehead atoms. The second-order valence-electron chi connectivity index (χ2n) is 4.22. The molecule has 4 heteroatoms.